The lowest BCUT2D eigenvalue weighted by Gasteiger charge is -2.17. The molecule has 0 bridgehead atoms. The molecule has 0 aliphatic carbocycles. The van der Waals surface area contributed by atoms with Crippen LogP contribution in [-0.4, -0.2) is 29.1 Å². The Morgan fingerprint density at radius 2 is 2.17 bits per heavy atom. The van der Waals surface area contributed by atoms with Crippen LogP contribution in [0.2, 0.25) is 0 Å². The smallest absolute Gasteiger partial charge is 0.327 e. The molecule has 0 saturated carbocycles. The number of carbonyl (C=O) groups excluding carboxylic acids is 1. The minimum absolute atomic E-state index is 0.250. The molecule has 6 heteroatoms. The van der Waals surface area contributed by atoms with Crippen LogP contribution in [0, 0.1) is 13.8 Å². The first-order valence-corrected chi connectivity index (χ1v) is 5.90. The van der Waals surface area contributed by atoms with E-state index >= 15 is 0 Å². The third-order valence-electron chi connectivity index (χ3n) is 2.50. The fourth-order valence-electron chi connectivity index (χ4n) is 1.72. The number of methoxy groups -OCH3 is 1. The van der Waals surface area contributed by atoms with Crippen LogP contribution < -0.4 is 11.1 Å². The minimum atomic E-state index is -0.482. The topological polar surface area (TPSA) is 77.2 Å². The molecule has 1 heterocycles. The number of nitrogens with two attached hydrogens (primary N) is 1. The third-order valence-corrected chi connectivity index (χ3v) is 2.71. The zero-order valence-electron chi connectivity index (χ0n) is 10.9. The first-order valence-electron chi connectivity index (χ1n) is 5.49. The molecule has 0 aliphatic heterocycles. The highest BCUT2D eigenvalue weighted by Gasteiger charge is 2.17. The Morgan fingerprint density at radius 1 is 1.56 bits per heavy atom. The number of anilines is 1. The average Bonchev–Trinajstić information content (AvgIpc) is 2.26. The van der Waals surface area contributed by atoms with Gasteiger partial charge in [0.2, 0.25) is 0 Å². The van der Waals surface area contributed by atoms with Gasteiger partial charge in [0.05, 0.1) is 12.7 Å². The number of aromatic nitrogens is 1. The van der Waals surface area contributed by atoms with Crippen molar-refractivity contribution in [2.45, 2.75) is 26.8 Å². The Labute approximate surface area is 112 Å². The second kappa shape index (κ2) is 5.77. The summed E-state index contributed by atoms with van der Waals surface area (Å²) in [6, 6.07) is 1.32. The molecule has 1 aromatic heterocycles. The van der Waals surface area contributed by atoms with E-state index in [1.807, 2.05) is 13.8 Å². The van der Waals surface area contributed by atoms with E-state index < -0.39 is 6.04 Å². The number of hydrogen-bond acceptors (Lipinski definition) is 5. The lowest BCUT2D eigenvalue weighted by molar-refractivity contribution is -0.141. The van der Waals surface area contributed by atoms with Crippen LogP contribution in [0.3, 0.4) is 0 Å². The fourth-order valence-corrected chi connectivity index (χ4v) is 1.98. The molecule has 1 atom stereocenters. The molecule has 1 aromatic rings. The van der Waals surface area contributed by atoms with Gasteiger partial charge in [-0.05, 0) is 26.8 Å². The first-order chi connectivity index (χ1) is 8.36. The van der Waals surface area contributed by atoms with Crippen LogP contribution in [0.4, 0.5) is 5.69 Å². The second-order valence-corrected chi connectivity index (χ2v) is 4.46. The summed E-state index contributed by atoms with van der Waals surface area (Å²) in [5.74, 6) is -0.351. The molecule has 0 radical (unpaired) electrons. The molecule has 18 heavy (non-hydrogen) atoms. The van der Waals surface area contributed by atoms with Crippen molar-refractivity contribution in [2.24, 2.45) is 5.73 Å². The van der Waals surface area contributed by atoms with E-state index in [0.717, 1.165) is 11.4 Å². The van der Waals surface area contributed by atoms with Crippen molar-refractivity contribution in [1.29, 1.82) is 0 Å². The van der Waals surface area contributed by atoms with Gasteiger partial charge in [0.1, 0.15) is 11.0 Å². The highest BCUT2D eigenvalue weighted by atomic mass is 32.1. The number of thiocarbonyl (C=S) groups is 1. The van der Waals surface area contributed by atoms with Crippen LogP contribution in [0.5, 0.6) is 0 Å². The summed E-state index contributed by atoms with van der Waals surface area (Å²) >= 11 is 5.01. The third kappa shape index (κ3) is 3.16. The molecule has 0 aromatic carbocycles. The number of carbonyl (C=O) groups is 1. The Bertz CT molecular complexity index is 488. The standard InChI is InChI=1S/C12H17N3O2S/c1-6-5-9(15-8(3)12(16)17-4)10(11(13)18)7(2)14-6/h5,8H,1-4H3,(H2,13,18)(H,14,15). The van der Waals surface area contributed by atoms with E-state index in [1.165, 1.54) is 7.11 Å². The van der Waals surface area contributed by atoms with E-state index in [-0.39, 0.29) is 11.0 Å². The van der Waals surface area contributed by atoms with Gasteiger partial charge in [0, 0.05) is 17.1 Å². The lowest BCUT2D eigenvalue weighted by atomic mass is 10.1. The molecule has 0 fully saturated rings. The van der Waals surface area contributed by atoms with Gasteiger partial charge in [-0.15, -0.1) is 0 Å². The summed E-state index contributed by atoms with van der Waals surface area (Å²) in [4.78, 5) is 16.0. The quantitative estimate of drug-likeness (QED) is 0.632. The van der Waals surface area contributed by atoms with Crippen LogP contribution in [0.25, 0.3) is 0 Å². The van der Waals surface area contributed by atoms with Crippen molar-refractivity contribution >= 4 is 28.9 Å². The SMILES string of the molecule is COC(=O)C(C)Nc1cc(C)nc(C)c1C(N)=S. The monoisotopic (exact) mass is 267 g/mol. The summed E-state index contributed by atoms with van der Waals surface area (Å²) in [5, 5.41) is 3.04. The largest absolute Gasteiger partial charge is 0.467 e. The van der Waals surface area contributed by atoms with Crippen molar-refractivity contribution in [1.82, 2.24) is 4.98 Å². The molecule has 0 aliphatic rings. The van der Waals surface area contributed by atoms with Crippen LogP contribution >= 0.6 is 12.2 Å². The van der Waals surface area contributed by atoms with Gasteiger partial charge in [-0.2, -0.15) is 0 Å². The number of esters is 1. The average molecular weight is 267 g/mol. The maximum Gasteiger partial charge on any atom is 0.327 e. The van der Waals surface area contributed by atoms with Crippen molar-refractivity contribution in [3.63, 3.8) is 0 Å². The fraction of sp³-hybridized carbons (Fsp3) is 0.417. The van der Waals surface area contributed by atoms with E-state index in [2.05, 4.69) is 15.0 Å². The molecular weight excluding hydrogens is 250 g/mol. The number of ether oxygens (including phenoxy) is 1. The zero-order chi connectivity index (χ0) is 13.9. The van der Waals surface area contributed by atoms with E-state index in [4.69, 9.17) is 18.0 Å². The number of nitrogens with zero attached hydrogens (tertiary/aromatic N) is 1. The molecule has 0 amide bonds. The molecular formula is C12H17N3O2S. The van der Waals surface area contributed by atoms with Crippen LogP contribution in [0.1, 0.15) is 23.9 Å². The van der Waals surface area contributed by atoms with Crippen molar-refractivity contribution < 1.29 is 9.53 Å². The molecule has 3 N–H and O–H groups in total. The molecule has 1 unspecified atom stereocenters. The first kappa shape index (κ1) is 14.4. The predicted octanol–water partition coefficient (Wildman–Crippen LogP) is 1.31. The number of aryl methyl sites for hydroxylation is 2. The minimum Gasteiger partial charge on any atom is -0.467 e. The Morgan fingerprint density at radius 3 is 2.67 bits per heavy atom. The highest BCUT2D eigenvalue weighted by molar-refractivity contribution is 7.80. The van der Waals surface area contributed by atoms with Gasteiger partial charge < -0.3 is 15.8 Å². The van der Waals surface area contributed by atoms with Gasteiger partial charge in [-0.1, -0.05) is 12.2 Å². The summed E-state index contributed by atoms with van der Waals surface area (Å²) in [6.07, 6.45) is 0. The molecule has 98 valence electrons. The number of pyridine rings is 1. The van der Waals surface area contributed by atoms with Gasteiger partial charge >= 0.3 is 5.97 Å². The summed E-state index contributed by atoms with van der Waals surface area (Å²) < 4.78 is 4.66. The van der Waals surface area contributed by atoms with Gasteiger partial charge in [0.15, 0.2) is 0 Å². The second-order valence-electron chi connectivity index (χ2n) is 4.03. The Balaban J connectivity index is 3.15. The molecule has 0 spiro atoms. The predicted molar refractivity (Wildman–Crippen MR) is 74.7 cm³/mol. The molecule has 1 rings (SSSR count). The zero-order valence-corrected chi connectivity index (χ0v) is 11.7. The Kier molecular flexibility index (Phi) is 4.61. The van der Waals surface area contributed by atoms with Gasteiger partial charge in [0.25, 0.3) is 0 Å². The van der Waals surface area contributed by atoms with E-state index in [1.54, 1.807) is 13.0 Å². The summed E-state index contributed by atoms with van der Waals surface area (Å²) in [7, 11) is 1.35. The van der Waals surface area contributed by atoms with E-state index in [0.29, 0.717) is 11.3 Å². The maximum atomic E-state index is 11.4. The van der Waals surface area contributed by atoms with Gasteiger partial charge in [-0.25, -0.2) is 4.79 Å². The molecule has 5 nitrogen and oxygen atoms in total. The van der Waals surface area contributed by atoms with Crippen molar-refractivity contribution in [2.75, 3.05) is 12.4 Å². The van der Waals surface area contributed by atoms with E-state index in [9.17, 15) is 4.79 Å². The highest BCUT2D eigenvalue weighted by Crippen LogP contribution is 2.20. The van der Waals surface area contributed by atoms with Crippen molar-refractivity contribution in [3.8, 4) is 0 Å². The number of nitrogens with one attached hydrogen (secondary N) is 1. The summed E-state index contributed by atoms with van der Waals surface area (Å²) in [6.45, 7) is 5.40. The number of hydrogen-bond donors (Lipinski definition) is 2. The lowest BCUT2D eigenvalue weighted by Crippen LogP contribution is -2.29. The van der Waals surface area contributed by atoms with Crippen molar-refractivity contribution in [3.05, 3.63) is 23.0 Å². The number of rotatable bonds is 4. The maximum absolute atomic E-state index is 11.4. The Hall–Kier alpha value is -1.69. The van der Waals surface area contributed by atoms with Gasteiger partial charge in [-0.3, -0.25) is 4.98 Å². The molecule has 0 saturated heterocycles. The van der Waals surface area contributed by atoms with Crippen LogP contribution in [-0.2, 0) is 9.53 Å². The summed E-state index contributed by atoms with van der Waals surface area (Å²) in [5.41, 5.74) is 8.61. The van der Waals surface area contributed by atoms with Crippen LogP contribution in [0.15, 0.2) is 6.07 Å². The normalized spacial score (nSPS) is 11.8.